The van der Waals surface area contributed by atoms with Gasteiger partial charge in [-0.2, -0.15) is 5.26 Å². The van der Waals surface area contributed by atoms with Crippen LogP contribution in [0.1, 0.15) is 43.0 Å². The number of unbranched alkanes of at least 4 members (excludes halogenated alkanes) is 2. The number of thiazole rings is 1. The number of benzene rings is 2. The minimum absolute atomic E-state index is 0.155. The molecule has 0 spiro atoms. The van der Waals surface area contributed by atoms with Gasteiger partial charge in [0.05, 0.1) is 36.6 Å². The molecule has 0 bridgehead atoms. The van der Waals surface area contributed by atoms with E-state index in [9.17, 15) is 4.79 Å². The number of rotatable bonds is 9. The number of para-hydroxylation sites is 1. The second-order valence-corrected chi connectivity index (χ2v) is 8.56. The van der Waals surface area contributed by atoms with E-state index in [2.05, 4.69) is 13.0 Å². The van der Waals surface area contributed by atoms with Crippen LogP contribution in [0.3, 0.4) is 0 Å². The first-order chi connectivity index (χ1) is 16.7. The van der Waals surface area contributed by atoms with Crippen molar-refractivity contribution < 1.29 is 9.47 Å². The zero-order valence-corrected chi connectivity index (χ0v) is 20.0. The van der Waals surface area contributed by atoms with Gasteiger partial charge in [-0.1, -0.05) is 44.0 Å². The van der Waals surface area contributed by atoms with Crippen LogP contribution in [-0.2, 0) is 0 Å². The van der Waals surface area contributed by atoms with E-state index in [1.54, 1.807) is 42.0 Å². The van der Waals surface area contributed by atoms with Gasteiger partial charge >= 0.3 is 0 Å². The molecule has 172 valence electrons. The van der Waals surface area contributed by atoms with Gasteiger partial charge in [-0.25, -0.2) is 4.98 Å². The summed E-state index contributed by atoms with van der Waals surface area (Å²) >= 11 is 1.40. The molecule has 0 aliphatic carbocycles. The van der Waals surface area contributed by atoms with Crippen LogP contribution in [0.15, 0.2) is 58.8 Å². The molecule has 0 saturated carbocycles. The number of nitriles is 1. The minimum atomic E-state index is -0.155. The van der Waals surface area contributed by atoms with Crippen LogP contribution >= 0.6 is 11.3 Å². The summed E-state index contributed by atoms with van der Waals surface area (Å²) in [5, 5.41) is 11.0. The Kier molecular flexibility index (Phi) is 7.41. The fourth-order valence-corrected chi connectivity index (χ4v) is 4.39. The van der Waals surface area contributed by atoms with E-state index in [1.807, 2.05) is 35.7 Å². The van der Waals surface area contributed by atoms with E-state index in [0.717, 1.165) is 24.8 Å². The van der Waals surface area contributed by atoms with Crippen molar-refractivity contribution in [1.82, 2.24) is 9.38 Å². The molecule has 0 N–H and O–H groups in total. The molecule has 2 aromatic carbocycles. The molecule has 2 heterocycles. The predicted molar refractivity (Wildman–Crippen MR) is 136 cm³/mol. The van der Waals surface area contributed by atoms with E-state index < -0.39 is 0 Å². The van der Waals surface area contributed by atoms with Gasteiger partial charge in [0.15, 0.2) is 16.5 Å². The average molecular weight is 472 g/mol. The lowest BCUT2D eigenvalue weighted by Gasteiger charge is -2.13. The maximum absolute atomic E-state index is 13.3. The summed E-state index contributed by atoms with van der Waals surface area (Å²) in [7, 11) is 1.62. The Labute approximate surface area is 202 Å². The molecule has 0 aliphatic rings. The van der Waals surface area contributed by atoms with Crippen molar-refractivity contribution >= 4 is 28.4 Å². The fraction of sp³-hybridized carbons (Fsp3) is 0.222. The van der Waals surface area contributed by atoms with Crippen LogP contribution < -0.4 is 15.0 Å². The molecule has 0 atom stereocenters. The van der Waals surface area contributed by atoms with Crippen molar-refractivity contribution in [2.24, 2.45) is 0 Å². The van der Waals surface area contributed by atoms with Crippen LogP contribution in [0, 0.1) is 11.3 Å². The van der Waals surface area contributed by atoms with Crippen LogP contribution in [0.2, 0.25) is 0 Å². The maximum Gasteiger partial charge on any atom is 0.266 e. The third kappa shape index (κ3) is 4.87. The van der Waals surface area contributed by atoms with Gasteiger partial charge in [-0.3, -0.25) is 9.20 Å². The highest BCUT2D eigenvalue weighted by molar-refractivity contribution is 7.15. The molecule has 0 amide bonds. The first-order valence-electron chi connectivity index (χ1n) is 11.1. The van der Waals surface area contributed by atoms with Crippen molar-refractivity contribution in [2.45, 2.75) is 26.2 Å². The van der Waals surface area contributed by atoms with Gasteiger partial charge in [0.2, 0.25) is 0 Å². The molecule has 0 fully saturated rings. The molecule has 0 aliphatic heterocycles. The molecule has 34 heavy (non-hydrogen) atoms. The minimum Gasteiger partial charge on any atom is -0.493 e. The van der Waals surface area contributed by atoms with Gasteiger partial charge in [0, 0.05) is 17.1 Å². The van der Waals surface area contributed by atoms with Gasteiger partial charge in [0.1, 0.15) is 0 Å². The lowest BCUT2D eigenvalue weighted by molar-refractivity contribution is 0.285. The molecule has 0 radical (unpaired) electrons. The second kappa shape index (κ2) is 10.8. The molecule has 6 nitrogen and oxygen atoms in total. The molecular weight excluding hydrogens is 446 g/mol. The van der Waals surface area contributed by atoms with E-state index in [1.165, 1.54) is 11.3 Å². The average Bonchev–Trinajstić information content (AvgIpc) is 3.35. The van der Waals surface area contributed by atoms with Crippen molar-refractivity contribution in [3.8, 4) is 28.7 Å². The first kappa shape index (κ1) is 23.3. The summed E-state index contributed by atoms with van der Waals surface area (Å²) in [4.78, 5) is 18.7. The zero-order chi connectivity index (χ0) is 23.9. The third-order valence-corrected chi connectivity index (χ3v) is 6.20. The number of aromatic nitrogens is 2. The summed E-state index contributed by atoms with van der Waals surface area (Å²) in [5.41, 5.74) is 2.96. The standard InChI is InChI=1S/C27H25N3O3S/c1-3-4-5-16-33-25-21(7-6-8-23(25)32-2)13-14-22-24(20-11-9-19(18-28)10-12-20)26(31)30-15-17-34-27(30)29-22/h6-15,17H,3-5,16H2,1-2H3/b14-13+. The topological polar surface area (TPSA) is 76.6 Å². The van der Waals surface area contributed by atoms with E-state index in [0.29, 0.717) is 45.5 Å². The Morgan fingerprint density at radius 2 is 1.97 bits per heavy atom. The van der Waals surface area contributed by atoms with Crippen molar-refractivity contribution in [3.05, 3.63) is 81.2 Å². The zero-order valence-electron chi connectivity index (χ0n) is 19.2. The predicted octanol–water partition coefficient (Wildman–Crippen LogP) is 6.04. The quantitative estimate of drug-likeness (QED) is 0.278. The number of hydrogen-bond donors (Lipinski definition) is 0. The Bertz CT molecular complexity index is 1410. The Balaban J connectivity index is 1.78. The molecular formula is C27H25N3O3S. The first-order valence-corrected chi connectivity index (χ1v) is 12.0. The van der Waals surface area contributed by atoms with Gasteiger partial charge in [0.25, 0.3) is 5.56 Å². The van der Waals surface area contributed by atoms with Gasteiger partial charge in [-0.15, -0.1) is 11.3 Å². The van der Waals surface area contributed by atoms with E-state index in [4.69, 9.17) is 19.7 Å². The molecule has 0 saturated heterocycles. The SMILES string of the molecule is CCCCCOc1c(/C=C/c2nc3sccn3c(=O)c2-c2ccc(C#N)cc2)cccc1OC. The van der Waals surface area contributed by atoms with Crippen molar-refractivity contribution in [3.63, 3.8) is 0 Å². The summed E-state index contributed by atoms with van der Waals surface area (Å²) in [6, 6.07) is 14.8. The molecule has 0 unspecified atom stereocenters. The van der Waals surface area contributed by atoms with Crippen LogP contribution in [0.5, 0.6) is 11.5 Å². The molecule has 4 rings (SSSR count). The molecule has 7 heteroatoms. The highest BCUT2D eigenvalue weighted by Gasteiger charge is 2.15. The highest BCUT2D eigenvalue weighted by Crippen LogP contribution is 2.33. The second-order valence-electron chi connectivity index (χ2n) is 7.69. The lowest BCUT2D eigenvalue weighted by atomic mass is 10.0. The summed E-state index contributed by atoms with van der Waals surface area (Å²) < 4.78 is 13.1. The Hall–Kier alpha value is -3.89. The van der Waals surface area contributed by atoms with Crippen molar-refractivity contribution in [1.29, 1.82) is 5.26 Å². The molecule has 4 aromatic rings. The van der Waals surface area contributed by atoms with E-state index >= 15 is 0 Å². The summed E-state index contributed by atoms with van der Waals surface area (Å²) in [6.07, 6.45) is 8.64. The van der Waals surface area contributed by atoms with Gasteiger partial charge < -0.3 is 9.47 Å². The Morgan fingerprint density at radius 3 is 2.71 bits per heavy atom. The van der Waals surface area contributed by atoms with Crippen LogP contribution in [-0.4, -0.2) is 23.1 Å². The van der Waals surface area contributed by atoms with Crippen LogP contribution in [0.4, 0.5) is 0 Å². The van der Waals surface area contributed by atoms with E-state index in [-0.39, 0.29) is 5.56 Å². The number of methoxy groups -OCH3 is 1. The summed E-state index contributed by atoms with van der Waals surface area (Å²) in [5.74, 6) is 1.33. The van der Waals surface area contributed by atoms with Gasteiger partial charge in [-0.05, 0) is 42.3 Å². The van der Waals surface area contributed by atoms with Crippen molar-refractivity contribution in [2.75, 3.05) is 13.7 Å². The normalized spacial score (nSPS) is 11.1. The lowest BCUT2D eigenvalue weighted by Crippen LogP contribution is -2.17. The van der Waals surface area contributed by atoms with Crippen LogP contribution in [0.25, 0.3) is 28.2 Å². The maximum atomic E-state index is 13.3. The number of ether oxygens (including phenoxy) is 2. The largest absolute Gasteiger partial charge is 0.493 e. The smallest absolute Gasteiger partial charge is 0.266 e. The number of fused-ring (bicyclic) bond motifs is 1. The number of hydrogen-bond acceptors (Lipinski definition) is 6. The number of nitrogens with zero attached hydrogens (tertiary/aromatic N) is 3. The fourth-order valence-electron chi connectivity index (χ4n) is 3.67. The summed E-state index contributed by atoms with van der Waals surface area (Å²) in [6.45, 7) is 2.76. The monoisotopic (exact) mass is 471 g/mol. The Morgan fingerprint density at radius 1 is 1.15 bits per heavy atom. The molecule has 2 aromatic heterocycles. The highest BCUT2D eigenvalue weighted by atomic mass is 32.1. The third-order valence-electron chi connectivity index (χ3n) is 5.44.